The molecule has 0 bridgehead atoms. The molecule has 84 valence electrons. The van der Waals surface area contributed by atoms with Crippen LogP contribution >= 0.6 is 0 Å². The fourth-order valence-corrected chi connectivity index (χ4v) is 1.54. The number of nitrogens with two attached hydrogens (primary N) is 1. The highest BCUT2D eigenvalue weighted by atomic mass is 19.1. The number of halogens is 1. The number of rotatable bonds is 5. The fourth-order valence-electron chi connectivity index (χ4n) is 1.54. The Labute approximate surface area is 90.2 Å². The maximum absolute atomic E-state index is 13.4. The van der Waals surface area contributed by atoms with Gasteiger partial charge in [-0.05, 0) is 18.4 Å². The van der Waals surface area contributed by atoms with Crippen molar-refractivity contribution in [3.63, 3.8) is 0 Å². The predicted octanol–water partition coefficient (Wildman–Crippen LogP) is 2.50. The molecule has 1 aromatic carbocycles. The average Bonchev–Trinajstić information content (AvgIpc) is 2.25. The molecule has 0 radical (unpaired) electrons. The van der Waals surface area contributed by atoms with E-state index in [-0.39, 0.29) is 17.8 Å². The van der Waals surface area contributed by atoms with Gasteiger partial charge in [-0.1, -0.05) is 25.1 Å². The van der Waals surface area contributed by atoms with Gasteiger partial charge in [0.05, 0.1) is 0 Å². The van der Waals surface area contributed by atoms with E-state index in [1.54, 1.807) is 25.3 Å². The molecule has 2 atom stereocenters. The number of ether oxygens (including phenoxy) is 1. The van der Waals surface area contributed by atoms with E-state index in [1.165, 1.54) is 6.07 Å². The van der Waals surface area contributed by atoms with Gasteiger partial charge in [0.1, 0.15) is 5.82 Å². The van der Waals surface area contributed by atoms with Crippen molar-refractivity contribution < 1.29 is 9.13 Å². The van der Waals surface area contributed by atoms with E-state index in [4.69, 9.17) is 10.5 Å². The van der Waals surface area contributed by atoms with Gasteiger partial charge in [-0.3, -0.25) is 0 Å². The van der Waals surface area contributed by atoms with Gasteiger partial charge in [-0.15, -0.1) is 0 Å². The van der Waals surface area contributed by atoms with Crippen LogP contribution in [0.3, 0.4) is 0 Å². The Bertz CT molecular complexity index is 303. The van der Waals surface area contributed by atoms with E-state index in [0.717, 1.165) is 6.42 Å². The maximum Gasteiger partial charge on any atom is 0.127 e. The molecule has 2 N–H and O–H groups in total. The summed E-state index contributed by atoms with van der Waals surface area (Å²) in [7, 11) is 1.65. The molecule has 0 aromatic heterocycles. The first-order valence-corrected chi connectivity index (χ1v) is 5.15. The van der Waals surface area contributed by atoms with Gasteiger partial charge >= 0.3 is 0 Å². The SMILES string of the molecule is COCCC(C)C(N)c1ccccc1F. The van der Waals surface area contributed by atoms with Crippen molar-refractivity contribution in [1.29, 1.82) is 0 Å². The summed E-state index contributed by atoms with van der Waals surface area (Å²) in [6, 6.07) is 6.40. The summed E-state index contributed by atoms with van der Waals surface area (Å²) < 4.78 is 18.4. The topological polar surface area (TPSA) is 35.2 Å². The maximum atomic E-state index is 13.4. The van der Waals surface area contributed by atoms with E-state index >= 15 is 0 Å². The molecule has 0 fully saturated rings. The standard InChI is InChI=1S/C12H18FNO/c1-9(7-8-15-2)12(14)10-5-3-4-6-11(10)13/h3-6,9,12H,7-8,14H2,1-2H3. The van der Waals surface area contributed by atoms with Crippen molar-refractivity contribution in [3.05, 3.63) is 35.6 Å². The molecule has 0 spiro atoms. The van der Waals surface area contributed by atoms with E-state index in [0.29, 0.717) is 12.2 Å². The number of hydrogen-bond donors (Lipinski definition) is 1. The highest BCUT2D eigenvalue weighted by Gasteiger charge is 2.17. The Kier molecular flexibility index (Phi) is 4.72. The minimum Gasteiger partial charge on any atom is -0.385 e. The summed E-state index contributed by atoms with van der Waals surface area (Å²) in [6.45, 7) is 2.67. The van der Waals surface area contributed by atoms with E-state index in [2.05, 4.69) is 0 Å². The minimum absolute atomic E-state index is 0.210. The van der Waals surface area contributed by atoms with Gasteiger partial charge in [0.25, 0.3) is 0 Å². The molecular weight excluding hydrogens is 193 g/mol. The lowest BCUT2D eigenvalue weighted by Gasteiger charge is -2.20. The molecule has 2 unspecified atom stereocenters. The molecule has 0 aliphatic carbocycles. The molecule has 0 aliphatic rings. The van der Waals surface area contributed by atoms with Crippen molar-refractivity contribution in [2.24, 2.45) is 11.7 Å². The third-order valence-electron chi connectivity index (χ3n) is 2.65. The first-order chi connectivity index (χ1) is 7.16. The molecule has 0 heterocycles. The first kappa shape index (κ1) is 12.1. The minimum atomic E-state index is -0.263. The predicted molar refractivity (Wildman–Crippen MR) is 59.0 cm³/mol. The quantitative estimate of drug-likeness (QED) is 0.812. The molecule has 0 amide bonds. The van der Waals surface area contributed by atoms with Crippen LogP contribution in [0.1, 0.15) is 24.9 Å². The summed E-state index contributed by atoms with van der Waals surface area (Å²) in [5, 5.41) is 0. The van der Waals surface area contributed by atoms with Gasteiger partial charge < -0.3 is 10.5 Å². The zero-order valence-corrected chi connectivity index (χ0v) is 9.24. The van der Waals surface area contributed by atoms with Gasteiger partial charge in [-0.2, -0.15) is 0 Å². The van der Waals surface area contributed by atoms with Crippen molar-refractivity contribution in [1.82, 2.24) is 0 Å². The van der Waals surface area contributed by atoms with Crippen LogP contribution in [0.4, 0.5) is 4.39 Å². The van der Waals surface area contributed by atoms with Crippen molar-refractivity contribution in [2.45, 2.75) is 19.4 Å². The molecule has 2 nitrogen and oxygen atoms in total. The third kappa shape index (κ3) is 3.29. The second kappa shape index (κ2) is 5.83. The monoisotopic (exact) mass is 211 g/mol. The van der Waals surface area contributed by atoms with Crippen LogP contribution in [0.2, 0.25) is 0 Å². The zero-order chi connectivity index (χ0) is 11.3. The molecule has 1 aromatic rings. The molecule has 0 aliphatic heterocycles. The lowest BCUT2D eigenvalue weighted by atomic mass is 9.93. The van der Waals surface area contributed by atoms with E-state index in [1.807, 2.05) is 6.92 Å². The number of methoxy groups -OCH3 is 1. The molecule has 0 saturated heterocycles. The largest absolute Gasteiger partial charge is 0.385 e. The highest BCUT2D eigenvalue weighted by molar-refractivity contribution is 5.21. The molecular formula is C12H18FNO. The second-order valence-corrected chi connectivity index (χ2v) is 3.81. The Morgan fingerprint density at radius 3 is 2.67 bits per heavy atom. The van der Waals surface area contributed by atoms with Crippen molar-refractivity contribution in [2.75, 3.05) is 13.7 Å². The molecule has 0 saturated carbocycles. The smallest absolute Gasteiger partial charge is 0.127 e. The second-order valence-electron chi connectivity index (χ2n) is 3.81. The lowest BCUT2D eigenvalue weighted by Crippen LogP contribution is -2.21. The molecule has 3 heteroatoms. The molecule has 15 heavy (non-hydrogen) atoms. The summed E-state index contributed by atoms with van der Waals surface area (Å²) in [6.07, 6.45) is 0.839. The van der Waals surface area contributed by atoms with Crippen LogP contribution in [-0.4, -0.2) is 13.7 Å². The summed E-state index contributed by atoms with van der Waals surface area (Å²) in [5.74, 6) is -0.0175. The normalized spacial score (nSPS) is 14.9. The number of hydrogen-bond acceptors (Lipinski definition) is 2. The van der Waals surface area contributed by atoms with Crippen molar-refractivity contribution in [3.8, 4) is 0 Å². The van der Waals surface area contributed by atoms with Crippen LogP contribution in [0, 0.1) is 11.7 Å². The third-order valence-corrected chi connectivity index (χ3v) is 2.65. The van der Waals surface area contributed by atoms with Crippen LogP contribution in [0.5, 0.6) is 0 Å². The van der Waals surface area contributed by atoms with E-state index in [9.17, 15) is 4.39 Å². The van der Waals surface area contributed by atoms with E-state index < -0.39 is 0 Å². The van der Waals surface area contributed by atoms with Crippen LogP contribution < -0.4 is 5.73 Å². The van der Waals surface area contributed by atoms with Crippen LogP contribution in [-0.2, 0) is 4.74 Å². The zero-order valence-electron chi connectivity index (χ0n) is 9.24. The Balaban J connectivity index is 2.67. The average molecular weight is 211 g/mol. The Hall–Kier alpha value is -0.930. The summed E-state index contributed by atoms with van der Waals surface area (Å²) >= 11 is 0. The van der Waals surface area contributed by atoms with Crippen molar-refractivity contribution >= 4 is 0 Å². The van der Waals surface area contributed by atoms with Gasteiger partial charge in [-0.25, -0.2) is 4.39 Å². The lowest BCUT2D eigenvalue weighted by molar-refractivity contribution is 0.174. The van der Waals surface area contributed by atoms with Crippen LogP contribution in [0.15, 0.2) is 24.3 Å². The first-order valence-electron chi connectivity index (χ1n) is 5.15. The Morgan fingerprint density at radius 2 is 2.07 bits per heavy atom. The molecule has 1 rings (SSSR count). The number of benzene rings is 1. The highest BCUT2D eigenvalue weighted by Crippen LogP contribution is 2.23. The fraction of sp³-hybridized carbons (Fsp3) is 0.500. The summed E-state index contributed by atoms with van der Waals surface area (Å²) in [5.41, 5.74) is 6.57. The van der Waals surface area contributed by atoms with Gasteiger partial charge in [0, 0.05) is 25.3 Å². The van der Waals surface area contributed by atoms with Gasteiger partial charge in [0.2, 0.25) is 0 Å². The van der Waals surface area contributed by atoms with Crippen LogP contribution in [0.25, 0.3) is 0 Å². The van der Waals surface area contributed by atoms with Gasteiger partial charge in [0.15, 0.2) is 0 Å². The Morgan fingerprint density at radius 1 is 1.40 bits per heavy atom. The summed E-state index contributed by atoms with van der Waals surface area (Å²) in [4.78, 5) is 0.